The summed E-state index contributed by atoms with van der Waals surface area (Å²) in [6, 6.07) is 7.94. The average Bonchev–Trinajstić information content (AvgIpc) is 2.24. The van der Waals surface area contributed by atoms with Crippen LogP contribution in [0.15, 0.2) is 29.2 Å². The molecule has 0 atom stereocenters. The smallest absolute Gasteiger partial charge is 0.177 e. The van der Waals surface area contributed by atoms with E-state index in [2.05, 4.69) is 11.4 Å². The molecule has 1 aromatic carbocycles. The Morgan fingerprint density at radius 2 is 2.19 bits per heavy atom. The van der Waals surface area contributed by atoms with Crippen molar-refractivity contribution in [3.63, 3.8) is 0 Å². The maximum absolute atomic E-state index is 11.9. The highest BCUT2D eigenvalue weighted by atomic mass is 32.2. The molecule has 0 amide bonds. The molecule has 1 N–H and O–H groups in total. The second-order valence-corrected chi connectivity index (χ2v) is 5.46. The van der Waals surface area contributed by atoms with Crippen LogP contribution < -0.4 is 5.32 Å². The average molecular weight is 235 g/mol. The van der Waals surface area contributed by atoms with Crippen molar-refractivity contribution in [1.29, 1.82) is 0 Å². The Labute approximate surface area is 101 Å². The lowest BCUT2D eigenvalue weighted by molar-refractivity contribution is 0.0991. The Morgan fingerprint density at radius 1 is 1.44 bits per heavy atom. The number of carbonyl (C=O) groups is 1. The first-order valence-corrected chi connectivity index (χ1v) is 6.62. The van der Waals surface area contributed by atoms with Crippen LogP contribution in [0.2, 0.25) is 0 Å². The fraction of sp³-hybridized carbons (Fsp3) is 0.462. The van der Waals surface area contributed by atoms with Gasteiger partial charge < -0.3 is 5.32 Å². The zero-order chi connectivity index (χ0) is 11.4. The third-order valence-corrected chi connectivity index (χ3v) is 4.29. The quantitative estimate of drug-likeness (QED) is 0.796. The van der Waals surface area contributed by atoms with Crippen LogP contribution in [0.25, 0.3) is 0 Å². The van der Waals surface area contributed by atoms with E-state index < -0.39 is 0 Å². The highest BCUT2D eigenvalue weighted by Gasteiger charge is 2.20. The molecule has 1 aliphatic carbocycles. The van der Waals surface area contributed by atoms with Gasteiger partial charge in [0.05, 0.1) is 6.54 Å². The zero-order valence-electron chi connectivity index (χ0n) is 9.53. The van der Waals surface area contributed by atoms with Crippen molar-refractivity contribution in [2.24, 2.45) is 0 Å². The number of hydrogen-bond acceptors (Lipinski definition) is 3. The molecule has 1 aliphatic rings. The number of Topliss-reactive ketones (excluding diaryl/α,β-unsaturated/α-hetero) is 1. The number of thioether (sulfide) groups is 1. The van der Waals surface area contributed by atoms with Gasteiger partial charge in [-0.3, -0.25) is 4.79 Å². The predicted octanol–water partition coefficient (Wildman–Crippen LogP) is 2.73. The minimum absolute atomic E-state index is 0.185. The fourth-order valence-corrected chi connectivity index (χ4v) is 3.12. The molecule has 1 aromatic rings. The lowest BCUT2D eigenvalue weighted by Gasteiger charge is -2.25. The van der Waals surface area contributed by atoms with Gasteiger partial charge in [-0.1, -0.05) is 24.6 Å². The SMILES string of the molecule is CNCC(=O)c1ccccc1SC1CCC1. The van der Waals surface area contributed by atoms with Gasteiger partial charge >= 0.3 is 0 Å². The van der Waals surface area contributed by atoms with Gasteiger partial charge in [0, 0.05) is 15.7 Å². The number of likely N-dealkylation sites (N-methyl/N-ethyl adjacent to an activating group) is 1. The summed E-state index contributed by atoms with van der Waals surface area (Å²) in [5.41, 5.74) is 0.869. The van der Waals surface area contributed by atoms with E-state index in [0.29, 0.717) is 6.54 Å². The van der Waals surface area contributed by atoms with Gasteiger partial charge in [0.2, 0.25) is 0 Å². The molecule has 0 aromatic heterocycles. The van der Waals surface area contributed by atoms with Crippen LogP contribution in [0.4, 0.5) is 0 Å². The van der Waals surface area contributed by atoms with Crippen LogP contribution in [0, 0.1) is 0 Å². The molecular weight excluding hydrogens is 218 g/mol. The van der Waals surface area contributed by atoms with Crippen LogP contribution in [0.3, 0.4) is 0 Å². The molecule has 0 aliphatic heterocycles. The monoisotopic (exact) mass is 235 g/mol. The lowest BCUT2D eigenvalue weighted by Crippen LogP contribution is -2.20. The van der Waals surface area contributed by atoms with Crippen molar-refractivity contribution in [1.82, 2.24) is 5.32 Å². The zero-order valence-corrected chi connectivity index (χ0v) is 10.3. The van der Waals surface area contributed by atoms with Gasteiger partial charge in [-0.05, 0) is 26.0 Å². The van der Waals surface area contributed by atoms with Crippen LogP contribution >= 0.6 is 11.8 Å². The molecule has 2 rings (SSSR count). The first-order valence-electron chi connectivity index (χ1n) is 5.74. The summed E-state index contributed by atoms with van der Waals surface area (Å²) >= 11 is 1.86. The van der Waals surface area contributed by atoms with Gasteiger partial charge in [0.25, 0.3) is 0 Å². The van der Waals surface area contributed by atoms with Gasteiger partial charge in [-0.2, -0.15) is 0 Å². The van der Waals surface area contributed by atoms with E-state index in [1.54, 1.807) is 7.05 Å². The second kappa shape index (κ2) is 5.51. The van der Waals surface area contributed by atoms with Gasteiger partial charge in [0.1, 0.15) is 0 Å². The van der Waals surface area contributed by atoms with Crippen molar-refractivity contribution < 1.29 is 4.79 Å². The summed E-state index contributed by atoms with van der Waals surface area (Å²) in [4.78, 5) is 13.0. The molecule has 0 spiro atoms. The fourth-order valence-electron chi connectivity index (χ4n) is 1.72. The van der Waals surface area contributed by atoms with E-state index in [1.165, 1.54) is 19.3 Å². The molecule has 86 valence electrons. The van der Waals surface area contributed by atoms with Crippen LogP contribution in [0.1, 0.15) is 29.6 Å². The molecule has 16 heavy (non-hydrogen) atoms. The Kier molecular flexibility index (Phi) is 4.02. The molecule has 1 saturated carbocycles. The number of rotatable bonds is 5. The van der Waals surface area contributed by atoms with Crippen LogP contribution in [-0.2, 0) is 0 Å². The largest absolute Gasteiger partial charge is 0.313 e. The number of benzene rings is 1. The van der Waals surface area contributed by atoms with Crippen molar-refractivity contribution >= 4 is 17.5 Å². The predicted molar refractivity (Wildman–Crippen MR) is 68.2 cm³/mol. The summed E-state index contributed by atoms with van der Waals surface area (Å²) in [7, 11) is 1.81. The molecule has 0 unspecified atom stereocenters. The van der Waals surface area contributed by atoms with Crippen molar-refractivity contribution in [2.75, 3.05) is 13.6 Å². The Morgan fingerprint density at radius 3 is 2.81 bits per heavy atom. The first kappa shape index (κ1) is 11.7. The molecule has 0 radical (unpaired) electrons. The highest BCUT2D eigenvalue weighted by Crippen LogP contribution is 2.37. The first-order chi connectivity index (χ1) is 7.81. The van der Waals surface area contributed by atoms with Crippen LogP contribution in [-0.4, -0.2) is 24.6 Å². The van der Waals surface area contributed by atoms with E-state index in [-0.39, 0.29) is 5.78 Å². The van der Waals surface area contributed by atoms with Gasteiger partial charge in [-0.25, -0.2) is 0 Å². The lowest BCUT2D eigenvalue weighted by atomic mass is 10.00. The number of nitrogens with one attached hydrogen (secondary N) is 1. The summed E-state index contributed by atoms with van der Waals surface area (Å²) in [6.07, 6.45) is 3.92. The van der Waals surface area contributed by atoms with E-state index in [1.807, 2.05) is 30.0 Å². The molecule has 2 nitrogen and oxygen atoms in total. The normalized spacial score (nSPS) is 15.8. The number of carbonyl (C=O) groups excluding carboxylic acids is 1. The Balaban J connectivity index is 2.12. The molecule has 0 heterocycles. The van der Waals surface area contributed by atoms with Gasteiger partial charge in [0.15, 0.2) is 5.78 Å². The third-order valence-electron chi connectivity index (χ3n) is 2.87. The van der Waals surface area contributed by atoms with Crippen molar-refractivity contribution in [3.05, 3.63) is 29.8 Å². The molecule has 3 heteroatoms. The minimum atomic E-state index is 0.185. The minimum Gasteiger partial charge on any atom is -0.313 e. The van der Waals surface area contributed by atoms with Crippen LogP contribution in [0.5, 0.6) is 0 Å². The topological polar surface area (TPSA) is 29.1 Å². The van der Waals surface area contributed by atoms with E-state index in [0.717, 1.165) is 15.7 Å². The molecule has 1 fully saturated rings. The summed E-state index contributed by atoms with van der Waals surface area (Å²) in [6.45, 7) is 0.419. The highest BCUT2D eigenvalue weighted by molar-refractivity contribution is 8.00. The standard InChI is InChI=1S/C13H17NOS/c1-14-9-12(15)11-7-2-3-8-13(11)16-10-5-4-6-10/h2-3,7-8,10,14H,4-6,9H2,1H3. The Bertz CT molecular complexity index is 374. The summed E-state index contributed by atoms with van der Waals surface area (Å²) in [5, 5.41) is 3.64. The third kappa shape index (κ3) is 2.66. The van der Waals surface area contributed by atoms with Crippen molar-refractivity contribution in [2.45, 2.75) is 29.4 Å². The molecular formula is C13H17NOS. The molecule has 0 saturated heterocycles. The second-order valence-electron chi connectivity index (χ2n) is 4.12. The van der Waals surface area contributed by atoms with E-state index in [9.17, 15) is 4.79 Å². The maximum atomic E-state index is 11.9. The maximum Gasteiger partial charge on any atom is 0.177 e. The van der Waals surface area contributed by atoms with Gasteiger partial charge in [-0.15, -0.1) is 11.8 Å². The van der Waals surface area contributed by atoms with Crippen molar-refractivity contribution in [3.8, 4) is 0 Å². The van der Waals surface area contributed by atoms with E-state index in [4.69, 9.17) is 0 Å². The number of hydrogen-bond donors (Lipinski definition) is 1. The summed E-state index contributed by atoms with van der Waals surface area (Å²) in [5.74, 6) is 0.185. The number of ketones is 1. The van der Waals surface area contributed by atoms with E-state index >= 15 is 0 Å². The Hall–Kier alpha value is -0.800. The molecule has 0 bridgehead atoms. The summed E-state index contributed by atoms with van der Waals surface area (Å²) < 4.78 is 0.